The number of fused-ring (bicyclic) bond motifs is 3. The van der Waals surface area contributed by atoms with E-state index in [0.717, 1.165) is 22.5 Å². The molecule has 0 radical (unpaired) electrons. The van der Waals surface area contributed by atoms with Gasteiger partial charge in [-0.1, -0.05) is 157 Å². The van der Waals surface area contributed by atoms with Crippen molar-refractivity contribution in [3.05, 3.63) is 162 Å². The third-order valence-electron chi connectivity index (χ3n) is 9.09. The molecule has 232 valence electrons. The van der Waals surface area contributed by atoms with Crippen molar-refractivity contribution in [2.24, 2.45) is 5.10 Å². The van der Waals surface area contributed by atoms with Crippen LogP contribution in [0.1, 0.15) is 63.8 Å². The van der Waals surface area contributed by atoms with Crippen LogP contribution >= 0.6 is 0 Å². The van der Waals surface area contributed by atoms with E-state index in [1.54, 1.807) is 0 Å². The zero-order chi connectivity index (χ0) is 32.8. The van der Waals surface area contributed by atoms with Crippen molar-refractivity contribution in [3.8, 4) is 11.1 Å². The van der Waals surface area contributed by atoms with E-state index in [-0.39, 0.29) is 10.8 Å². The molecule has 7 rings (SSSR count). The second kappa shape index (κ2) is 11.9. The lowest BCUT2D eigenvalue weighted by atomic mass is 9.73. The number of anilines is 1. The highest BCUT2D eigenvalue weighted by Crippen LogP contribution is 2.45. The quantitative estimate of drug-likeness (QED) is 0.117. The predicted molar refractivity (Wildman–Crippen MR) is 204 cm³/mol. The topological polar surface area (TPSA) is 24.4 Å². The lowest BCUT2D eigenvalue weighted by Crippen LogP contribution is -2.17. The van der Waals surface area contributed by atoms with E-state index in [9.17, 15) is 0 Å². The van der Waals surface area contributed by atoms with Crippen LogP contribution in [0.3, 0.4) is 0 Å². The number of nitrogens with zero attached hydrogens (tertiary/aromatic N) is 1. The van der Waals surface area contributed by atoms with E-state index in [2.05, 4.69) is 174 Å². The molecule has 7 aromatic rings. The van der Waals surface area contributed by atoms with Gasteiger partial charge in [0.25, 0.3) is 0 Å². The molecule has 0 aliphatic rings. The van der Waals surface area contributed by atoms with E-state index < -0.39 is 0 Å². The summed E-state index contributed by atoms with van der Waals surface area (Å²) >= 11 is 0. The molecule has 1 N–H and O–H groups in total. The largest absolute Gasteiger partial charge is 0.278 e. The van der Waals surface area contributed by atoms with Crippen LogP contribution in [0.4, 0.5) is 5.69 Å². The van der Waals surface area contributed by atoms with Crippen LogP contribution in [0.25, 0.3) is 43.4 Å². The highest BCUT2D eigenvalue weighted by molar-refractivity contribution is 6.13. The Labute approximate surface area is 278 Å². The summed E-state index contributed by atoms with van der Waals surface area (Å²) in [5.74, 6) is 0. The standard InChI is InChI=1S/C45H42N2/c1-44(2,3)41-38-26-24-36(46-47-43(31-16-9-7-10-17-31)32-18-11-8-12-19-32)29-40(38)42(45(4,5)6)37-25-23-35(28-39(37)41)34-22-21-30-15-13-14-20-33(30)27-34/h7-29,46H,1-6H3. The smallest absolute Gasteiger partial charge is 0.0977 e. The number of benzene rings is 7. The van der Waals surface area contributed by atoms with Gasteiger partial charge in [-0.3, -0.25) is 5.43 Å². The molecule has 0 aliphatic heterocycles. The fourth-order valence-corrected chi connectivity index (χ4v) is 7.07. The normalized spacial score (nSPS) is 12.0. The zero-order valence-corrected chi connectivity index (χ0v) is 28.2. The van der Waals surface area contributed by atoms with Gasteiger partial charge in [-0.25, -0.2) is 0 Å². The summed E-state index contributed by atoms with van der Waals surface area (Å²) in [4.78, 5) is 0. The number of nitrogens with one attached hydrogen (secondary N) is 1. The predicted octanol–water partition coefficient (Wildman–Crippen LogP) is 12.3. The van der Waals surface area contributed by atoms with Crippen molar-refractivity contribution in [3.63, 3.8) is 0 Å². The van der Waals surface area contributed by atoms with Crippen LogP contribution in [-0.2, 0) is 10.8 Å². The molecule has 7 aromatic carbocycles. The third kappa shape index (κ3) is 5.92. The first-order valence-corrected chi connectivity index (χ1v) is 16.6. The molecule has 0 spiro atoms. The molecule has 0 fully saturated rings. The molecular formula is C45H42N2. The van der Waals surface area contributed by atoms with Gasteiger partial charge in [0.1, 0.15) is 0 Å². The van der Waals surface area contributed by atoms with Crippen molar-refractivity contribution < 1.29 is 0 Å². The highest BCUT2D eigenvalue weighted by atomic mass is 15.3. The van der Waals surface area contributed by atoms with E-state index >= 15 is 0 Å². The Morgan fingerprint density at radius 1 is 0.447 bits per heavy atom. The zero-order valence-electron chi connectivity index (χ0n) is 28.2. The number of rotatable bonds is 5. The van der Waals surface area contributed by atoms with Crippen LogP contribution in [0, 0.1) is 0 Å². The summed E-state index contributed by atoms with van der Waals surface area (Å²) in [6.45, 7) is 14.0. The summed E-state index contributed by atoms with van der Waals surface area (Å²) in [7, 11) is 0. The number of hydrazone groups is 1. The molecule has 0 saturated heterocycles. The Morgan fingerprint density at radius 3 is 1.53 bits per heavy atom. The highest BCUT2D eigenvalue weighted by Gasteiger charge is 2.28. The van der Waals surface area contributed by atoms with Gasteiger partial charge < -0.3 is 0 Å². The maximum atomic E-state index is 5.00. The first-order chi connectivity index (χ1) is 22.6. The molecule has 2 heteroatoms. The second-order valence-electron chi connectivity index (χ2n) is 14.6. The van der Waals surface area contributed by atoms with Gasteiger partial charge >= 0.3 is 0 Å². The Bertz CT molecular complexity index is 2220. The van der Waals surface area contributed by atoms with Crippen LogP contribution < -0.4 is 5.43 Å². The minimum Gasteiger partial charge on any atom is -0.278 e. The van der Waals surface area contributed by atoms with E-state index in [0.29, 0.717) is 0 Å². The minimum atomic E-state index is -0.0848. The van der Waals surface area contributed by atoms with Crippen molar-refractivity contribution in [2.45, 2.75) is 52.4 Å². The van der Waals surface area contributed by atoms with Crippen LogP contribution in [0.5, 0.6) is 0 Å². The molecule has 0 unspecified atom stereocenters. The van der Waals surface area contributed by atoms with Crippen molar-refractivity contribution in [1.29, 1.82) is 0 Å². The minimum absolute atomic E-state index is 0.0736. The van der Waals surface area contributed by atoms with Gasteiger partial charge in [-0.2, -0.15) is 5.10 Å². The molecule has 0 bridgehead atoms. The average molecular weight is 611 g/mol. The van der Waals surface area contributed by atoms with Crippen LogP contribution in [0.2, 0.25) is 0 Å². The summed E-state index contributed by atoms with van der Waals surface area (Å²) in [6, 6.07) is 50.0. The van der Waals surface area contributed by atoms with Gasteiger partial charge in [0.2, 0.25) is 0 Å². The van der Waals surface area contributed by atoms with Crippen LogP contribution in [-0.4, -0.2) is 5.71 Å². The maximum absolute atomic E-state index is 5.00. The molecule has 0 aliphatic carbocycles. The van der Waals surface area contributed by atoms with Crippen molar-refractivity contribution in [1.82, 2.24) is 0 Å². The summed E-state index contributed by atoms with van der Waals surface area (Å²) < 4.78 is 0. The Balaban J connectivity index is 1.42. The fourth-order valence-electron chi connectivity index (χ4n) is 7.07. The van der Waals surface area contributed by atoms with E-state index in [1.165, 1.54) is 54.6 Å². The van der Waals surface area contributed by atoms with Gasteiger partial charge in [0.05, 0.1) is 11.4 Å². The van der Waals surface area contributed by atoms with Gasteiger partial charge in [-0.05, 0) is 89.7 Å². The van der Waals surface area contributed by atoms with Gasteiger partial charge in [0, 0.05) is 11.1 Å². The molecule has 0 atom stereocenters. The monoisotopic (exact) mass is 610 g/mol. The summed E-state index contributed by atoms with van der Waals surface area (Å²) in [6.07, 6.45) is 0. The molecule has 47 heavy (non-hydrogen) atoms. The third-order valence-corrected chi connectivity index (χ3v) is 9.09. The first kappa shape index (κ1) is 30.4. The lowest BCUT2D eigenvalue weighted by molar-refractivity contribution is 0.593. The molecular weight excluding hydrogens is 569 g/mol. The van der Waals surface area contributed by atoms with E-state index in [1.807, 2.05) is 12.1 Å². The molecule has 2 nitrogen and oxygen atoms in total. The van der Waals surface area contributed by atoms with Crippen LogP contribution in [0.15, 0.2) is 145 Å². The van der Waals surface area contributed by atoms with Crippen molar-refractivity contribution >= 4 is 43.7 Å². The summed E-state index contributed by atoms with van der Waals surface area (Å²) in [5, 5.41) is 12.7. The fraction of sp³-hybridized carbons (Fsp3) is 0.178. The molecule has 0 saturated carbocycles. The average Bonchev–Trinajstić information content (AvgIpc) is 3.06. The number of hydrogen-bond acceptors (Lipinski definition) is 2. The first-order valence-electron chi connectivity index (χ1n) is 16.6. The van der Waals surface area contributed by atoms with Crippen molar-refractivity contribution in [2.75, 3.05) is 5.43 Å². The molecule has 0 aromatic heterocycles. The summed E-state index contributed by atoms with van der Waals surface area (Å²) in [5.41, 5.74) is 12.6. The SMILES string of the molecule is CC(C)(C)c1c2ccc(-c3ccc4ccccc4c3)cc2c(C(C)(C)C)c2ccc(NN=C(c3ccccc3)c3ccccc3)cc12. The lowest BCUT2D eigenvalue weighted by Gasteiger charge is -2.31. The molecule has 0 amide bonds. The van der Waals surface area contributed by atoms with Gasteiger partial charge in [-0.15, -0.1) is 0 Å². The Morgan fingerprint density at radius 2 is 0.936 bits per heavy atom. The maximum Gasteiger partial charge on any atom is 0.0977 e. The van der Waals surface area contributed by atoms with Gasteiger partial charge in [0.15, 0.2) is 0 Å². The Kier molecular flexibility index (Phi) is 7.68. The molecule has 0 heterocycles. The van der Waals surface area contributed by atoms with E-state index in [4.69, 9.17) is 5.10 Å². The number of hydrogen-bond donors (Lipinski definition) is 1. The second-order valence-corrected chi connectivity index (χ2v) is 14.6. The Hall–Kier alpha value is -5.21.